The maximum absolute atomic E-state index is 10.3. The molecule has 0 bridgehead atoms. The first-order chi connectivity index (χ1) is 14.5. The molecule has 0 aliphatic carbocycles. The molecular weight excluding hydrogens is 509 g/mol. The van der Waals surface area contributed by atoms with E-state index >= 15 is 0 Å². The van der Waals surface area contributed by atoms with E-state index in [-0.39, 0.29) is 30.6 Å². The van der Waals surface area contributed by atoms with Crippen LogP contribution in [0.3, 0.4) is 0 Å². The first kappa shape index (κ1) is 25.4. The molecule has 1 aliphatic rings. The van der Waals surface area contributed by atoms with Crippen molar-refractivity contribution in [3.8, 4) is 5.75 Å². The molecule has 9 heteroatoms. The molecule has 1 aromatic carbocycles. The SMILES string of the molecule is CCNC(=NCC(O)COc1cccc(C)c1)N1CCN(Cc2cc(C)on2)CC1.I. The third kappa shape index (κ3) is 8.30. The lowest BCUT2D eigenvalue weighted by Gasteiger charge is -2.36. The van der Waals surface area contributed by atoms with Gasteiger partial charge in [-0.1, -0.05) is 17.3 Å². The van der Waals surface area contributed by atoms with Gasteiger partial charge in [0.05, 0.1) is 12.2 Å². The highest BCUT2D eigenvalue weighted by molar-refractivity contribution is 14.0. The zero-order chi connectivity index (χ0) is 21.3. The lowest BCUT2D eigenvalue weighted by molar-refractivity contribution is 0.113. The molecule has 31 heavy (non-hydrogen) atoms. The average Bonchev–Trinajstić information content (AvgIpc) is 3.15. The first-order valence-electron chi connectivity index (χ1n) is 10.6. The van der Waals surface area contributed by atoms with Gasteiger partial charge >= 0.3 is 0 Å². The topological polar surface area (TPSA) is 86.4 Å². The quantitative estimate of drug-likeness (QED) is 0.301. The van der Waals surface area contributed by atoms with Gasteiger partial charge in [0, 0.05) is 45.3 Å². The highest BCUT2D eigenvalue weighted by Crippen LogP contribution is 2.13. The summed E-state index contributed by atoms with van der Waals surface area (Å²) in [6.45, 7) is 11.7. The number of aromatic nitrogens is 1. The third-order valence-corrected chi connectivity index (χ3v) is 4.95. The predicted molar refractivity (Wildman–Crippen MR) is 132 cm³/mol. The van der Waals surface area contributed by atoms with Gasteiger partial charge in [-0.05, 0) is 38.5 Å². The summed E-state index contributed by atoms with van der Waals surface area (Å²) in [5, 5.41) is 17.7. The van der Waals surface area contributed by atoms with Crippen molar-refractivity contribution in [3.63, 3.8) is 0 Å². The Balaban J connectivity index is 0.00000341. The summed E-state index contributed by atoms with van der Waals surface area (Å²) in [4.78, 5) is 9.24. The Morgan fingerprint density at radius 1 is 1.26 bits per heavy atom. The van der Waals surface area contributed by atoms with E-state index in [0.29, 0.717) is 6.54 Å². The smallest absolute Gasteiger partial charge is 0.194 e. The maximum atomic E-state index is 10.3. The van der Waals surface area contributed by atoms with Crippen LogP contribution < -0.4 is 10.1 Å². The van der Waals surface area contributed by atoms with Gasteiger partial charge in [0.1, 0.15) is 24.2 Å². The lowest BCUT2D eigenvalue weighted by Crippen LogP contribution is -2.52. The van der Waals surface area contributed by atoms with Gasteiger partial charge < -0.3 is 24.6 Å². The second-order valence-electron chi connectivity index (χ2n) is 7.67. The van der Waals surface area contributed by atoms with E-state index in [1.807, 2.05) is 44.2 Å². The average molecular weight is 543 g/mol. The zero-order valence-electron chi connectivity index (χ0n) is 18.6. The monoisotopic (exact) mass is 543 g/mol. The number of aliphatic hydroxyl groups is 1. The molecule has 2 aromatic rings. The van der Waals surface area contributed by atoms with Crippen molar-refractivity contribution in [2.75, 3.05) is 45.9 Å². The van der Waals surface area contributed by atoms with Crippen LogP contribution in [0.4, 0.5) is 0 Å². The fourth-order valence-electron chi connectivity index (χ4n) is 3.41. The second-order valence-corrected chi connectivity index (χ2v) is 7.67. The van der Waals surface area contributed by atoms with Crippen LogP contribution in [0.25, 0.3) is 0 Å². The predicted octanol–water partition coefficient (Wildman–Crippen LogP) is 2.43. The number of guanidine groups is 1. The summed E-state index contributed by atoms with van der Waals surface area (Å²) in [5.41, 5.74) is 2.10. The summed E-state index contributed by atoms with van der Waals surface area (Å²) in [7, 11) is 0. The molecule has 1 aromatic heterocycles. The maximum Gasteiger partial charge on any atom is 0.194 e. The second kappa shape index (κ2) is 12.9. The number of rotatable bonds is 8. The van der Waals surface area contributed by atoms with Crippen LogP contribution >= 0.6 is 24.0 Å². The Hall–Kier alpha value is -1.85. The minimum Gasteiger partial charge on any atom is -0.491 e. The van der Waals surface area contributed by atoms with E-state index in [2.05, 4.69) is 32.2 Å². The van der Waals surface area contributed by atoms with Crippen LogP contribution in [-0.4, -0.2) is 78.0 Å². The lowest BCUT2D eigenvalue weighted by atomic mass is 10.2. The number of ether oxygens (including phenoxy) is 1. The molecule has 0 saturated carbocycles. The minimum atomic E-state index is -0.657. The van der Waals surface area contributed by atoms with E-state index in [1.54, 1.807) is 0 Å². The third-order valence-electron chi connectivity index (χ3n) is 4.95. The van der Waals surface area contributed by atoms with E-state index in [0.717, 1.165) is 68.0 Å². The van der Waals surface area contributed by atoms with Crippen molar-refractivity contribution in [1.82, 2.24) is 20.3 Å². The van der Waals surface area contributed by atoms with Crippen LogP contribution in [0.15, 0.2) is 39.8 Å². The Bertz CT molecular complexity index is 821. The number of aliphatic imine (C=N–C) groups is 1. The van der Waals surface area contributed by atoms with Crippen molar-refractivity contribution in [3.05, 3.63) is 47.3 Å². The highest BCUT2D eigenvalue weighted by atomic mass is 127. The van der Waals surface area contributed by atoms with Crippen molar-refractivity contribution in [2.24, 2.45) is 4.99 Å². The molecule has 1 atom stereocenters. The largest absolute Gasteiger partial charge is 0.491 e. The van der Waals surface area contributed by atoms with Crippen LogP contribution in [0, 0.1) is 13.8 Å². The molecule has 2 heterocycles. The van der Waals surface area contributed by atoms with Crippen LogP contribution in [0.2, 0.25) is 0 Å². The minimum absolute atomic E-state index is 0. The van der Waals surface area contributed by atoms with Crippen LogP contribution in [0.5, 0.6) is 5.75 Å². The summed E-state index contributed by atoms with van der Waals surface area (Å²) in [5.74, 6) is 2.45. The van der Waals surface area contributed by atoms with Crippen LogP contribution in [0.1, 0.15) is 23.9 Å². The van der Waals surface area contributed by atoms with Gasteiger partial charge in [-0.25, -0.2) is 0 Å². The number of hydrogen-bond donors (Lipinski definition) is 2. The fraction of sp³-hybridized carbons (Fsp3) is 0.545. The Kier molecular flexibility index (Phi) is 10.6. The van der Waals surface area contributed by atoms with Gasteiger partial charge in [-0.15, -0.1) is 24.0 Å². The molecule has 2 N–H and O–H groups in total. The molecule has 0 radical (unpaired) electrons. The highest BCUT2D eigenvalue weighted by Gasteiger charge is 2.20. The molecule has 1 saturated heterocycles. The number of benzene rings is 1. The number of nitrogens with one attached hydrogen (secondary N) is 1. The van der Waals surface area contributed by atoms with Gasteiger partial charge in [0.15, 0.2) is 5.96 Å². The van der Waals surface area contributed by atoms with E-state index in [9.17, 15) is 5.11 Å². The molecule has 172 valence electrons. The Morgan fingerprint density at radius 3 is 2.68 bits per heavy atom. The van der Waals surface area contributed by atoms with E-state index < -0.39 is 6.10 Å². The molecule has 3 rings (SSSR count). The standard InChI is InChI=1S/C22H33N5O3.HI/c1-4-23-22(24-14-20(28)16-29-21-7-5-6-17(2)12-21)27-10-8-26(9-11-27)15-19-13-18(3)30-25-19;/h5-7,12-13,20,28H,4,8-11,14-16H2,1-3H3,(H,23,24);1H. The fourth-order valence-corrected chi connectivity index (χ4v) is 3.41. The van der Waals surface area contributed by atoms with Crippen LogP contribution in [-0.2, 0) is 6.54 Å². The number of halogens is 1. The summed E-state index contributed by atoms with van der Waals surface area (Å²) < 4.78 is 10.8. The van der Waals surface area contributed by atoms with E-state index in [1.165, 1.54) is 0 Å². The first-order valence-corrected chi connectivity index (χ1v) is 10.6. The van der Waals surface area contributed by atoms with Gasteiger partial charge in [0.2, 0.25) is 0 Å². The Labute approximate surface area is 201 Å². The van der Waals surface area contributed by atoms with E-state index in [4.69, 9.17) is 9.26 Å². The van der Waals surface area contributed by atoms with Crippen molar-refractivity contribution >= 4 is 29.9 Å². The summed E-state index contributed by atoms with van der Waals surface area (Å²) in [6, 6.07) is 9.80. The van der Waals surface area contributed by atoms with Crippen molar-refractivity contribution < 1.29 is 14.4 Å². The molecule has 0 spiro atoms. The molecule has 1 aliphatic heterocycles. The van der Waals surface area contributed by atoms with Crippen molar-refractivity contribution in [2.45, 2.75) is 33.4 Å². The summed E-state index contributed by atoms with van der Waals surface area (Å²) >= 11 is 0. The number of aliphatic hydroxyl groups excluding tert-OH is 1. The molecule has 8 nitrogen and oxygen atoms in total. The molecule has 1 unspecified atom stereocenters. The Morgan fingerprint density at radius 2 is 2.03 bits per heavy atom. The zero-order valence-corrected chi connectivity index (χ0v) is 20.9. The molecular formula is C22H34IN5O3. The van der Waals surface area contributed by atoms with Gasteiger partial charge in [-0.3, -0.25) is 9.89 Å². The van der Waals surface area contributed by atoms with Gasteiger partial charge in [-0.2, -0.15) is 0 Å². The number of nitrogens with zero attached hydrogens (tertiary/aromatic N) is 4. The summed E-state index contributed by atoms with van der Waals surface area (Å²) in [6.07, 6.45) is -0.657. The van der Waals surface area contributed by atoms with Gasteiger partial charge in [0.25, 0.3) is 0 Å². The molecule has 0 amide bonds. The number of aryl methyl sites for hydroxylation is 2. The normalized spacial score (nSPS) is 16.0. The number of piperazine rings is 1. The number of hydrogen-bond acceptors (Lipinski definition) is 6. The van der Waals surface area contributed by atoms with Crippen molar-refractivity contribution in [1.29, 1.82) is 0 Å². The molecule has 1 fully saturated rings.